The van der Waals surface area contributed by atoms with Crippen LogP contribution in [0.2, 0.25) is 0 Å². The molecular formula is C20H34N2O4S. The largest absolute Gasteiger partial charge is 0.493 e. The number of benzene rings is 1. The highest BCUT2D eigenvalue weighted by atomic mass is 32.2. The van der Waals surface area contributed by atoms with Crippen molar-refractivity contribution in [3.8, 4) is 11.5 Å². The third-order valence-corrected chi connectivity index (χ3v) is 5.54. The van der Waals surface area contributed by atoms with E-state index in [0.29, 0.717) is 24.6 Å². The molecule has 0 bridgehead atoms. The van der Waals surface area contributed by atoms with Gasteiger partial charge >= 0.3 is 0 Å². The molecular weight excluding hydrogens is 364 g/mol. The van der Waals surface area contributed by atoms with E-state index in [1.54, 1.807) is 7.11 Å². The van der Waals surface area contributed by atoms with Crippen LogP contribution in [-0.2, 0) is 6.54 Å². The van der Waals surface area contributed by atoms with Crippen molar-refractivity contribution in [3.63, 3.8) is 0 Å². The van der Waals surface area contributed by atoms with Crippen LogP contribution in [0, 0.1) is 5.41 Å². The lowest BCUT2D eigenvalue weighted by Crippen LogP contribution is -2.40. The van der Waals surface area contributed by atoms with Gasteiger partial charge in [0.2, 0.25) is 0 Å². The summed E-state index contributed by atoms with van der Waals surface area (Å²) in [7, 11) is 1.62. The summed E-state index contributed by atoms with van der Waals surface area (Å²) in [6, 6.07) is 5.82. The standard InChI is InChI=1S/C20H34N2O4S/c1-20(2,15-23)14-21-11-16-4-5-18(19(10-16)25-3)26-13-17(24)12-22-6-8-27-9-7-22/h4-5,10,17,21,23-24H,6-9,11-15H2,1-3H3/t17-/m0/s1. The molecule has 1 aromatic rings. The summed E-state index contributed by atoms with van der Waals surface area (Å²) < 4.78 is 11.3. The second kappa shape index (κ2) is 11.1. The van der Waals surface area contributed by atoms with Gasteiger partial charge in [-0.25, -0.2) is 0 Å². The van der Waals surface area contributed by atoms with Gasteiger partial charge in [-0.3, -0.25) is 4.90 Å². The van der Waals surface area contributed by atoms with Crippen molar-refractivity contribution in [2.24, 2.45) is 5.41 Å². The number of aliphatic hydroxyl groups is 2. The number of ether oxygens (including phenoxy) is 2. The minimum Gasteiger partial charge on any atom is -0.493 e. The number of hydrogen-bond donors (Lipinski definition) is 3. The fraction of sp³-hybridized carbons (Fsp3) is 0.700. The Morgan fingerprint density at radius 1 is 1.26 bits per heavy atom. The van der Waals surface area contributed by atoms with Crippen molar-refractivity contribution in [3.05, 3.63) is 23.8 Å². The molecule has 0 aromatic heterocycles. The van der Waals surface area contributed by atoms with E-state index in [9.17, 15) is 10.2 Å². The molecule has 7 heteroatoms. The molecule has 0 saturated carbocycles. The minimum atomic E-state index is -0.514. The van der Waals surface area contributed by atoms with Gasteiger partial charge in [-0.05, 0) is 17.7 Å². The van der Waals surface area contributed by atoms with Crippen molar-refractivity contribution in [1.82, 2.24) is 10.2 Å². The van der Waals surface area contributed by atoms with Crippen LogP contribution in [0.3, 0.4) is 0 Å². The summed E-state index contributed by atoms with van der Waals surface area (Å²) in [5.41, 5.74) is 0.940. The van der Waals surface area contributed by atoms with E-state index in [2.05, 4.69) is 10.2 Å². The zero-order valence-electron chi connectivity index (χ0n) is 16.7. The van der Waals surface area contributed by atoms with Crippen LogP contribution in [0.5, 0.6) is 11.5 Å². The normalized spacial score (nSPS) is 16.9. The highest BCUT2D eigenvalue weighted by molar-refractivity contribution is 7.99. The summed E-state index contributed by atoms with van der Waals surface area (Å²) in [4.78, 5) is 2.28. The maximum atomic E-state index is 10.3. The van der Waals surface area contributed by atoms with Gasteiger partial charge in [0.25, 0.3) is 0 Å². The van der Waals surface area contributed by atoms with Crippen LogP contribution in [0.1, 0.15) is 19.4 Å². The van der Waals surface area contributed by atoms with Gasteiger partial charge in [0.1, 0.15) is 12.7 Å². The van der Waals surface area contributed by atoms with E-state index < -0.39 is 6.10 Å². The highest BCUT2D eigenvalue weighted by Crippen LogP contribution is 2.28. The number of nitrogens with zero attached hydrogens (tertiary/aromatic N) is 1. The SMILES string of the molecule is COc1cc(CNCC(C)(C)CO)ccc1OC[C@@H](O)CN1CCSCC1. The third kappa shape index (κ3) is 7.87. The molecule has 6 nitrogen and oxygen atoms in total. The number of thioether (sulfide) groups is 1. The molecule has 0 aliphatic carbocycles. The zero-order valence-corrected chi connectivity index (χ0v) is 17.6. The van der Waals surface area contributed by atoms with Crippen LogP contribution in [0.4, 0.5) is 0 Å². The lowest BCUT2D eigenvalue weighted by Gasteiger charge is -2.28. The first-order valence-corrected chi connectivity index (χ1v) is 10.7. The third-order valence-electron chi connectivity index (χ3n) is 4.59. The molecule has 1 saturated heterocycles. The highest BCUT2D eigenvalue weighted by Gasteiger charge is 2.17. The first kappa shape index (κ1) is 22.3. The predicted octanol–water partition coefficient (Wildman–Crippen LogP) is 1.59. The number of nitrogens with one attached hydrogen (secondary N) is 1. The molecule has 1 fully saturated rings. The Balaban J connectivity index is 1.82. The van der Waals surface area contributed by atoms with Gasteiger partial charge in [-0.1, -0.05) is 19.9 Å². The number of hydrogen-bond acceptors (Lipinski definition) is 7. The Bertz CT molecular complexity index is 565. The quantitative estimate of drug-likeness (QED) is 0.523. The Hall–Kier alpha value is -0.990. The van der Waals surface area contributed by atoms with E-state index in [0.717, 1.165) is 36.7 Å². The Labute approximate surface area is 167 Å². The van der Waals surface area contributed by atoms with Gasteiger partial charge in [0.15, 0.2) is 11.5 Å². The van der Waals surface area contributed by atoms with Crippen molar-refractivity contribution < 1.29 is 19.7 Å². The summed E-state index contributed by atoms with van der Waals surface area (Å²) in [6.07, 6.45) is -0.514. The monoisotopic (exact) mass is 398 g/mol. The molecule has 1 aliphatic rings. The topological polar surface area (TPSA) is 74.2 Å². The van der Waals surface area contributed by atoms with E-state index in [1.807, 2.05) is 43.8 Å². The fourth-order valence-corrected chi connectivity index (χ4v) is 3.84. The number of β-amino-alcohol motifs (C(OH)–C–C–N with tert-alkyl or cyclic N) is 1. The summed E-state index contributed by atoms with van der Waals surface area (Å²) in [6.45, 7) is 8.56. The molecule has 0 radical (unpaired) electrons. The number of rotatable bonds is 11. The van der Waals surface area contributed by atoms with E-state index >= 15 is 0 Å². The van der Waals surface area contributed by atoms with Gasteiger partial charge in [-0.15, -0.1) is 0 Å². The molecule has 1 atom stereocenters. The van der Waals surface area contributed by atoms with Crippen LogP contribution in [-0.4, -0.2) is 79.2 Å². The maximum absolute atomic E-state index is 10.3. The number of methoxy groups -OCH3 is 1. The summed E-state index contributed by atoms with van der Waals surface area (Å²) in [5.74, 6) is 3.57. The molecule has 1 heterocycles. The summed E-state index contributed by atoms with van der Waals surface area (Å²) in [5, 5.41) is 22.9. The number of aliphatic hydroxyl groups excluding tert-OH is 2. The summed E-state index contributed by atoms with van der Waals surface area (Å²) >= 11 is 1.96. The minimum absolute atomic E-state index is 0.143. The van der Waals surface area contributed by atoms with E-state index in [-0.39, 0.29) is 18.6 Å². The predicted molar refractivity (Wildman–Crippen MR) is 111 cm³/mol. The molecule has 3 N–H and O–H groups in total. The van der Waals surface area contributed by atoms with Crippen LogP contribution >= 0.6 is 11.8 Å². The Morgan fingerprint density at radius 2 is 2.00 bits per heavy atom. The maximum Gasteiger partial charge on any atom is 0.161 e. The molecule has 1 aromatic carbocycles. The van der Waals surface area contributed by atoms with Crippen LogP contribution in [0.15, 0.2) is 18.2 Å². The van der Waals surface area contributed by atoms with Crippen LogP contribution in [0.25, 0.3) is 0 Å². The second-order valence-electron chi connectivity index (χ2n) is 7.79. The molecule has 2 rings (SSSR count). The fourth-order valence-electron chi connectivity index (χ4n) is 2.86. The molecule has 0 spiro atoms. The first-order chi connectivity index (χ1) is 12.9. The van der Waals surface area contributed by atoms with Gasteiger partial charge in [0, 0.05) is 56.3 Å². The molecule has 27 heavy (non-hydrogen) atoms. The van der Waals surface area contributed by atoms with Crippen molar-refractivity contribution in [2.75, 3.05) is 58.0 Å². The molecule has 1 aliphatic heterocycles. The molecule has 0 unspecified atom stereocenters. The molecule has 154 valence electrons. The smallest absolute Gasteiger partial charge is 0.161 e. The molecule has 0 amide bonds. The Morgan fingerprint density at radius 3 is 2.67 bits per heavy atom. The van der Waals surface area contributed by atoms with E-state index in [4.69, 9.17) is 9.47 Å². The van der Waals surface area contributed by atoms with Crippen molar-refractivity contribution in [1.29, 1.82) is 0 Å². The van der Waals surface area contributed by atoms with Gasteiger partial charge < -0.3 is 25.0 Å². The average molecular weight is 399 g/mol. The van der Waals surface area contributed by atoms with E-state index in [1.165, 1.54) is 0 Å². The lowest BCUT2D eigenvalue weighted by atomic mass is 9.95. The average Bonchev–Trinajstić information content (AvgIpc) is 2.67. The van der Waals surface area contributed by atoms with Crippen molar-refractivity contribution in [2.45, 2.75) is 26.5 Å². The Kier molecular flexibility index (Phi) is 9.18. The van der Waals surface area contributed by atoms with Gasteiger partial charge in [0.05, 0.1) is 7.11 Å². The first-order valence-electron chi connectivity index (χ1n) is 9.53. The second-order valence-corrected chi connectivity index (χ2v) is 9.01. The lowest BCUT2D eigenvalue weighted by molar-refractivity contribution is 0.0705. The zero-order chi connectivity index (χ0) is 19.7. The van der Waals surface area contributed by atoms with Gasteiger partial charge in [-0.2, -0.15) is 11.8 Å². The van der Waals surface area contributed by atoms with Crippen LogP contribution < -0.4 is 14.8 Å². The van der Waals surface area contributed by atoms with Crippen molar-refractivity contribution >= 4 is 11.8 Å².